The second kappa shape index (κ2) is 6.46. The van der Waals surface area contributed by atoms with E-state index in [1.165, 1.54) is 27.7 Å². The van der Waals surface area contributed by atoms with E-state index in [0.29, 0.717) is 5.92 Å². The average molecular weight is 343 g/mol. The standard InChI is InChI=1S/C22H21N3O/c1-2-5-16(6-3-1)21-22(18-10-12-26-14-18)25(15-24-21)13-17-7-4-8-20-19(17)9-11-23-20/h1-9,11,15,18,23H,10,12-14H2. The van der Waals surface area contributed by atoms with E-state index < -0.39 is 0 Å². The van der Waals surface area contributed by atoms with Gasteiger partial charge in [0.1, 0.15) is 0 Å². The fraction of sp³-hybridized carbons (Fsp3) is 0.227. The molecule has 0 aliphatic carbocycles. The van der Waals surface area contributed by atoms with Crippen LogP contribution in [-0.4, -0.2) is 27.7 Å². The van der Waals surface area contributed by atoms with Crippen molar-refractivity contribution >= 4 is 10.9 Å². The molecule has 0 saturated carbocycles. The topological polar surface area (TPSA) is 42.8 Å². The van der Waals surface area contributed by atoms with E-state index in [4.69, 9.17) is 9.72 Å². The number of nitrogens with zero attached hydrogens (tertiary/aromatic N) is 2. The van der Waals surface area contributed by atoms with Gasteiger partial charge >= 0.3 is 0 Å². The summed E-state index contributed by atoms with van der Waals surface area (Å²) in [4.78, 5) is 8.10. The van der Waals surface area contributed by atoms with Gasteiger partial charge in [0, 0.05) is 41.7 Å². The summed E-state index contributed by atoms with van der Waals surface area (Å²) in [6.07, 6.45) is 5.05. The highest BCUT2D eigenvalue weighted by Gasteiger charge is 2.26. The molecule has 1 atom stereocenters. The molecule has 3 heterocycles. The third-order valence-electron chi connectivity index (χ3n) is 5.27. The number of hydrogen-bond acceptors (Lipinski definition) is 2. The number of ether oxygens (including phenoxy) is 1. The molecule has 1 N–H and O–H groups in total. The number of H-pyrrole nitrogens is 1. The number of benzene rings is 2. The van der Waals surface area contributed by atoms with Crippen LogP contribution in [0.3, 0.4) is 0 Å². The summed E-state index contributed by atoms with van der Waals surface area (Å²) < 4.78 is 8.00. The van der Waals surface area contributed by atoms with Crippen LogP contribution < -0.4 is 0 Å². The average Bonchev–Trinajstić information content (AvgIpc) is 3.43. The number of rotatable bonds is 4. The van der Waals surface area contributed by atoms with Gasteiger partial charge in [-0.2, -0.15) is 0 Å². The first-order valence-corrected chi connectivity index (χ1v) is 9.13. The van der Waals surface area contributed by atoms with Crippen molar-refractivity contribution in [2.75, 3.05) is 13.2 Å². The van der Waals surface area contributed by atoms with E-state index >= 15 is 0 Å². The van der Waals surface area contributed by atoms with Crippen LogP contribution in [0.4, 0.5) is 0 Å². The van der Waals surface area contributed by atoms with Gasteiger partial charge in [-0.3, -0.25) is 0 Å². The molecule has 0 radical (unpaired) electrons. The lowest BCUT2D eigenvalue weighted by Crippen LogP contribution is -2.10. The van der Waals surface area contributed by atoms with E-state index in [1.54, 1.807) is 0 Å². The normalized spacial score (nSPS) is 17.2. The van der Waals surface area contributed by atoms with Gasteiger partial charge in [-0.15, -0.1) is 0 Å². The Morgan fingerprint density at radius 2 is 2.00 bits per heavy atom. The largest absolute Gasteiger partial charge is 0.381 e. The Kier molecular flexibility index (Phi) is 3.83. The summed E-state index contributed by atoms with van der Waals surface area (Å²) in [7, 11) is 0. The van der Waals surface area contributed by atoms with Gasteiger partial charge in [0.25, 0.3) is 0 Å². The highest BCUT2D eigenvalue weighted by atomic mass is 16.5. The molecule has 0 bridgehead atoms. The van der Waals surface area contributed by atoms with E-state index in [1.807, 2.05) is 18.6 Å². The second-order valence-electron chi connectivity index (χ2n) is 6.89. The van der Waals surface area contributed by atoms with Crippen LogP contribution in [0.25, 0.3) is 22.2 Å². The SMILES string of the molecule is c1ccc(-c2ncn(Cc3cccc4[nH]ccc34)c2C2CCOC2)cc1. The highest BCUT2D eigenvalue weighted by molar-refractivity contribution is 5.82. The summed E-state index contributed by atoms with van der Waals surface area (Å²) in [5, 5.41) is 1.27. The van der Waals surface area contributed by atoms with Crippen molar-refractivity contribution in [2.45, 2.75) is 18.9 Å². The van der Waals surface area contributed by atoms with Gasteiger partial charge in [0.15, 0.2) is 0 Å². The van der Waals surface area contributed by atoms with Crippen LogP contribution in [0.1, 0.15) is 23.6 Å². The number of fused-ring (bicyclic) bond motifs is 1. The molecule has 0 amide bonds. The monoisotopic (exact) mass is 343 g/mol. The lowest BCUT2D eigenvalue weighted by molar-refractivity contribution is 0.193. The zero-order chi connectivity index (χ0) is 17.3. The van der Waals surface area contributed by atoms with Crippen LogP contribution in [0, 0.1) is 0 Å². The Bertz CT molecular complexity index is 1030. The lowest BCUT2D eigenvalue weighted by atomic mass is 9.98. The summed E-state index contributed by atoms with van der Waals surface area (Å²) in [6.45, 7) is 2.43. The predicted octanol–water partition coefficient (Wildman–Crippen LogP) is 4.58. The third kappa shape index (κ3) is 2.63. The first kappa shape index (κ1) is 15.4. The molecule has 130 valence electrons. The van der Waals surface area contributed by atoms with E-state index in [0.717, 1.165) is 31.9 Å². The Hall–Kier alpha value is -2.85. The number of aromatic nitrogens is 3. The van der Waals surface area contributed by atoms with Crippen molar-refractivity contribution in [3.05, 3.63) is 78.4 Å². The third-order valence-corrected chi connectivity index (χ3v) is 5.27. The molecule has 2 aromatic heterocycles. The predicted molar refractivity (Wildman–Crippen MR) is 103 cm³/mol. The fourth-order valence-corrected chi connectivity index (χ4v) is 3.99. The van der Waals surface area contributed by atoms with Crippen molar-refractivity contribution in [1.82, 2.24) is 14.5 Å². The van der Waals surface area contributed by atoms with Gasteiger partial charge in [-0.1, -0.05) is 42.5 Å². The van der Waals surface area contributed by atoms with Crippen molar-refractivity contribution in [2.24, 2.45) is 0 Å². The maximum atomic E-state index is 5.69. The summed E-state index contributed by atoms with van der Waals surface area (Å²) in [5.41, 5.74) is 6.04. The molecule has 0 spiro atoms. The molecule has 1 saturated heterocycles. The minimum atomic E-state index is 0.401. The lowest BCUT2D eigenvalue weighted by Gasteiger charge is -2.15. The molecular weight excluding hydrogens is 322 g/mol. The quantitative estimate of drug-likeness (QED) is 0.589. The van der Waals surface area contributed by atoms with Gasteiger partial charge in [0.2, 0.25) is 0 Å². The number of imidazole rings is 1. The van der Waals surface area contributed by atoms with Crippen molar-refractivity contribution < 1.29 is 4.74 Å². The Morgan fingerprint density at radius 3 is 2.85 bits per heavy atom. The molecule has 1 aliphatic rings. The van der Waals surface area contributed by atoms with Crippen molar-refractivity contribution in [3.8, 4) is 11.3 Å². The molecule has 4 heteroatoms. The van der Waals surface area contributed by atoms with Gasteiger partial charge in [-0.25, -0.2) is 4.98 Å². The van der Waals surface area contributed by atoms with Crippen LogP contribution in [0.15, 0.2) is 67.1 Å². The molecular formula is C22H21N3O. The molecule has 4 nitrogen and oxygen atoms in total. The minimum Gasteiger partial charge on any atom is -0.381 e. The summed E-state index contributed by atoms with van der Waals surface area (Å²) in [6, 6.07) is 19.1. The second-order valence-corrected chi connectivity index (χ2v) is 6.89. The Balaban J connectivity index is 1.60. The Morgan fingerprint density at radius 1 is 1.08 bits per heavy atom. The van der Waals surface area contributed by atoms with Gasteiger partial charge in [-0.05, 0) is 24.1 Å². The molecule has 1 unspecified atom stereocenters. The smallest absolute Gasteiger partial charge is 0.0959 e. The molecule has 1 fully saturated rings. The fourth-order valence-electron chi connectivity index (χ4n) is 3.99. The Labute approximate surface area is 152 Å². The van der Waals surface area contributed by atoms with Crippen LogP contribution in [0.2, 0.25) is 0 Å². The molecule has 2 aromatic carbocycles. The van der Waals surface area contributed by atoms with Crippen molar-refractivity contribution in [3.63, 3.8) is 0 Å². The van der Waals surface area contributed by atoms with Crippen LogP contribution >= 0.6 is 0 Å². The van der Waals surface area contributed by atoms with E-state index in [-0.39, 0.29) is 0 Å². The van der Waals surface area contributed by atoms with Gasteiger partial charge in [0.05, 0.1) is 24.3 Å². The van der Waals surface area contributed by atoms with Crippen molar-refractivity contribution in [1.29, 1.82) is 0 Å². The summed E-state index contributed by atoms with van der Waals surface area (Å²) >= 11 is 0. The first-order valence-electron chi connectivity index (χ1n) is 9.13. The zero-order valence-electron chi connectivity index (χ0n) is 14.6. The molecule has 5 rings (SSSR count). The van der Waals surface area contributed by atoms with E-state index in [2.05, 4.69) is 58.1 Å². The highest BCUT2D eigenvalue weighted by Crippen LogP contribution is 2.34. The first-order chi connectivity index (χ1) is 12.9. The zero-order valence-corrected chi connectivity index (χ0v) is 14.6. The maximum absolute atomic E-state index is 5.69. The van der Waals surface area contributed by atoms with Gasteiger partial charge < -0.3 is 14.3 Å². The molecule has 1 aliphatic heterocycles. The molecule has 4 aromatic rings. The van der Waals surface area contributed by atoms with Crippen LogP contribution in [0.5, 0.6) is 0 Å². The van der Waals surface area contributed by atoms with E-state index in [9.17, 15) is 0 Å². The summed E-state index contributed by atoms with van der Waals surface area (Å²) in [5.74, 6) is 0.401. The number of aromatic amines is 1. The molecule has 26 heavy (non-hydrogen) atoms. The number of nitrogens with one attached hydrogen (secondary N) is 1. The minimum absolute atomic E-state index is 0.401. The number of hydrogen-bond donors (Lipinski definition) is 1. The van der Waals surface area contributed by atoms with Crippen LogP contribution in [-0.2, 0) is 11.3 Å². The maximum Gasteiger partial charge on any atom is 0.0959 e.